The first-order valence-corrected chi connectivity index (χ1v) is 17.4. The van der Waals surface area contributed by atoms with Crippen molar-refractivity contribution in [1.82, 2.24) is 14.1 Å². The Bertz CT molecular complexity index is 1620. The summed E-state index contributed by atoms with van der Waals surface area (Å²) in [6.07, 6.45) is 0.581. The van der Waals surface area contributed by atoms with Crippen LogP contribution < -0.4 is 4.74 Å². The van der Waals surface area contributed by atoms with Crippen LogP contribution in [0, 0.1) is 18.3 Å². The Balaban J connectivity index is 1.89. The molecule has 0 fully saturated rings. The van der Waals surface area contributed by atoms with Gasteiger partial charge in [-0.1, -0.05) is 19.6 Å². The van der Waals surface area contributed by atoms with E-state index in [4.69, 9.17) is 23.9 Å². The molecule has 0 aliphatic carbocycles. The third-order valence-electron chi connectivity index (χ3n) is 6.83. The SMILES string of the molecule is COc1cc(C)c2c(ccn2C(=O)OC(C)(C)C)c1C(OC)c1nc2ccc(C#N)cc2n1COCC[Si](C)(C)C. The van der Waals surface area contributed by atoms with E-state index in [0.717, 1.165) is 33.6 Å². The summed E-state index contributed by atoms with van der Waals surface area (Å²) in [6, 6.07) is 12.4. The summed E-state index contributed by atoms with van der Waals surface area (Å²) in [5, 5.41) is 10.4. The molecule has 4 aromatic rings. The van der Waals surface area contributed by atoms with E-state index in [9.17, 15) is 10.1 Å². The van der Waals surface area contributed by atoms with Crippen LogP contribution in [0.5, 0.6) is 5.75 Å². The molecule has 2 heterocycles. The maximum absolute atomic E-state index is 13.1. The van der Waals surface area contributed by atoms with Gasteiger partial charge < -0.3 is 23.5 Å². The highest BCUT2D eigenvalue weighted by Gasteiger charge is 2.30. The lowest BCUT2D eigenvalue weighted by Crippen LogP contribution is -2.26. The molecule has 2 aromatic heterocycles. The maximum Gasteiger partial charge on any atom is 0.419 e. The van der Waals surface area contributed by atoms with Crippen molar-refractivity contribution in [2.24, 2.45) is 0 Å². The molecular weight excluding hydrogens is 536 g/mol. The number of hydrogen-bond acceptors (Lipinski definition) is 7. The molecule has 2 aromatic carbocycles. The van der Waals surface area contributed by atoms with E-state index < -0.39 is 25.9 Å². The van der Waals surface area contributed by atoms with Crippen LogP contribution >= 0.6 is 0 Å². The van der Waals surface area contributed by atoms with Crippen molar-refractivity contribution in [3.8, 4) is 11.8 Å². The molecule has 218 valence electrons. The second kappa shape index (κ2) is 11.7. The second-order valence-electron chi connectivity index (χ2n) is 12.4. The summed E-state index contributed by atoms with van der Waals surface area (Å²) in [5.74, 6) is 1.22. The molecule has 0 aliphatic heterocycles. The quantitative estimate of drug-likeness (QED) is 0.156. The number of rotatable bonds is 9. The number of aromatic nitrogens is 3. The van der Waals surface area contributed by atoms with Crippen molar-refractivity contribution < 1.29 is 23.7 Å². The van der Waals surface area contributed by atoms with E-state index in [1.54, 1.807) is 26.5 Å². The van der Waals surface area contributed by atoms with Gasteiger partial charge in [0, 0.05) is 38.9 Å². The molecule has 0 radical (unpaired) electrons. The number of benzene rings is 2. The van der Waals surface area contributed by atoms with Crippen LogP contribution in [0.2, 0.25) is 25.7 Å². The zero-order chi connectivity index (χ0) is 30.1. The van der Waals surface area contributed by atoms with Crippen molar-refractivity contribution in [2.75, 3.05) is 20.8 Å². The molecular formula is C31H40N4O5Si. The smallest absolute Gasteiger partial charge is 0.419 e. The van der Waals surface area contributed by atoms with Gasteiger partial charge in [-0.25, -0.2) is 9.78 Å². The third kappa shape index (κ3) is 6.48. The zero-order valence-corrected chi connectivity index (χ0v) is 26.5. The van der Waals surface area contributed by atoms with Crippen LogP contribution in [0.25, 0.3) is 21.9 Å². The molecule has 0 N–H and O–H groups in total. The first-order chi connectivity index (χ1) is 19.3. The fourth-order valence-corrected chi connectivity index (χ4v) is 5.62. The van der Waals surface area contributed by atoms with E-state index in [0.29, 0.717) is 29.3 Å². The number of imidazole rings is 1. The van der Waals surface area contributed by atoms with Gasteiger partial charge in [-0.05, 0) is 69.6 Å². The van der Waals surface area contributed by atoms with Crippen LogP contribution in [0.1, 0.15) is 49.4 Å². The highest BCUT2D eigenvalue weighted by Crippen LogP contribution is 2.41. The Morgan fingerprint density at radius 3 is 2.49 bits per heavy atom. The van der Waals surface area contributed by atoms with E-state index in [2.05, 4.69) is 25.7 Å². The normalized spacial score (nSPS) is 13.0. The lowest BCUT2D eigenvalue weighted by atomic mass is 9.99. The van der Waals surface area contributed by atoms with Gasteiger partial charge in [-0.15, -0.1) is 0 Å². The molecule has 1 atom stereocenters. The molecule has 0 aliphatic rings. The Hall–Kier alpha value is -3.65. The molecule has 9 nitrogen and oxygen atoms in total. The topological polar surface area (TPSA) is 101 Å². The average molecular weight is 577 g/mol. The van der Waals surface area contributed by atoms with E-state index in [1.807, 2.05) is 56.5 Å². The summed E-state index contributed by atoms with van der Waals surface area (Å²) in [6.45, 7) is 15.3. The molecule has 0 amide bonds. The number of nitrogens with zero attached hydrogens (tertiary/aromatic N) is 4. The van der Waals surface area contributed by atoms with E-state index in [1.165, 1.54) is 4.57 Å². The molecule has 0 bridgehead atoms. The maximum atomic E-state index is 13.1. The fraction of sp³-hybridized carbons (Fsp3) is 0.452. The average Bonchev–Trinajstić information content (AvgIpc) is 3.49. The van der Waals surface area contributed by atoms with Crippen LogP contribution in [0.3, 0.4) is 0 Å². The van der Waals surface area contributed by atoms with Crippen LogP contribution in [-0.2, 0) is 20.9 Å². The van der Waals surface area contributed by atoms with Gasteiger partial charge in [-0.2, -0.15) is 5.26 Å². The largest absolute Gasteiger partial charge is 0.496 e. The van der Waals surface area contributed by atoms with E-state index >= 15 is 0 Å². The predicted molar refractivity (Wildman–Crippen MR) is 162 cm³/mol. The third-order valence-corrected chi connectivity index (χ3v) is 8.53. The summed E-state index contributed by atoms with van der Waals surface area (Å²) in [5.41, 5.74) is 3.69. The van der Waals surface area contributed by atoms with Crippen LogP contribution in [0.4, 0.5) is 4.79 Å². The molecule has 1 unspecified atom stereocenters. The van der Waals surface area contributed by atoms with Crippen molar-refractivity contribution in [3.63, 3.8) is 0 Å². The Labute approximate surface area is 242 Å². The van der Waals surface area contributed by atoms with Crippen LogP contribution in [0.15, 0.2) is 36.5 Å². The number of fused-ring (bicyclic) bond motifs is 2. The highest BCUT2D eigenvalue weighted by molar-refractivity contribution is 6.76. The first kappa shape index (κ1) is 30.3. The number of methoxy groups -OCH3 is 2. The number of hydrogen-bond donors (Lipinski definition) is 0. The van der Waals surface area contributed by atoms with Gasteiger partial charge >= 0.3 is 6.09 Å². The lowest BCUT2D eigenvalue weighted by Gasteiger charge is -2.23. The van der Waals surface area contributed by atoms with Crippen molar-refractivity contribution >= 4 is 36.1 Å². The Morgan fingerprint density at radius 2 is 1.88 bits per heavy atom. The van der Waals surface area contributed by atoms with Crippen LogP contribution in [-0.4, -0.2) is 54.7 Å². The number of aryl methyl sites for hydroxylation is 1. The number of carbonyl (C=O) groups excluding carboxylic acids is 1. The van der Waals surface area contributed by atoms with Gasteiger partial charge in [0.05, 0.1) is 35.3 Å². The number of carbonyl (C=O) groups is 1. The molecule has 10 heteroatoms. The highest BCUT2D eigenvalue weighted by atomic mass is 28.3. The predicted octanol–water partition coefficient (Wildman–Crippen LogP) is 7.01. The van der Waals surface area contributed by atoms with Gasteiger partial charge in [0.2, 0.25) is 0 Å². The standard InChI is InChI=1S/C31H40N4O5Si/c1-20-16-25(37-5)26(22-12-13-34(27(20)22)30(36)40-31(2,3)4)28(38-6)29-33-23-11-10-21(18-32)17-24(23)35(29)19-39-14-15-41(7,8)9/h10-13,16-17,28H,14-15,19H2,1-9H3. The molecule has 0 spiro atoms. The monoisotopic (exact) mass is 576 g/mol. The fourth-order valence-electron chi connectivity index (χ4n) is 4.86. The first-order valence-electron chi connectivity index (χ1n) is 13.7. The van der Waals surface area contributed by atoms with Gasteiger partial charge in [0.25, 0.3) is 0 Å². The molecule has 41 heavy (non-hydrogen) atoms. The van der Waals surface area contributed by atoms with Gasteiger partial charge in [0.1, 0.15) is 30.0 Å². The minimum atomic E-state index is -1.29. The number of nitriles is 1. The molecule has 4 rings (SSSR count). The zero-order valence-electron chi connectivity index (χ0n) is 25.5. The summed E-state index contributed by atoms with van der Waals surface area (Å²) in [7, 11) is 1.95. The van der Waals surface area contributed by atoms with Gasteiger partial charge in [-0.3, -0.25) is 4.57 Å². The number of ether oxygens (including phenoxy) is 4. The Morgan fingerprint density at radius 1 is 1.15 bits per heavy atom. The van der Waals surface area contributed by atoms with Crippen molar-refractivity contribution in [3.05, 3.63) is 59.0 Å². The van der Waals surface area contributed by atoms with Crippen molar-refractivity contribution in [2.45, 2.75) is 71.8 Å². The second-order valence-corrected chi connectivity index (χ2v) is 18.0. The summed E-state index contributed by atoms with van der Waals surface area (Å²) in [4.78, 5) is 18.1. The lowest BCUT2D eigenvalue weighted by molar-refractivity contribution is 0.0544. The summed E-state index contributed by atoms with van der Waals surface area (Å²) >= 11 is 0. The van der Waals surface area contributed by atoms with Crippen molar-refractivity contribution in [1.29, 1.82) is 5.26 Å². The van der Waals surface area contributed by atoms with E-state index in [-0.39, 0.29) is 6.73 Å². The minimum absolute atomic E-state index is 0.251. The molecule has 0 saturated heterocycles. The minimum Gasteiger partial charge on any atom is -0.496 e. The summed E-state index contributed by atoms with van der Waals surface area (Å²) < 4.78 is 27.3. The molecule has 0 saturated carbocycles. The van der Waals surface area contributed by atoms with Gasteiger partial charge in [0.15, 0.2) is 0 Å². The Kier molecular flexibility index (Phi) is 8.64.